The first-order valence-corrected chi connectivity index (χ1v) is 8.54. The molecule has 0 saturated carbocycles. The van der Waals surface area contributed by atoms with Gasteiger partial charge in [-0.1, -0.05) is 11.3 Å². The van der Waals surface area contributed by atoms with Gasteiger partial charge in [0.25, 0.3) is 11.8 Å². The number of ether oxygens (including phenoxy) is 1. The van der Waals surface area contributed by atoms with E-state index in [0.717, 1.165) is 11.3 Å². The summed E-state index contributed by atoms with van der Waals surface area (Å²) in [5.74, 6) is -0.114. The van der Waals surface area contributed by atoms with E-state index in [4.69, 9.17) is 10.5 Å². The molecule has 9 heteroatoms. The van der Waals surface area contributed by atoms with Gasteiger partial charge in [-0.3, -0.25) is 18.8 Å². The Labute approximate surface area is 151 Å². The molecule has 0 atom stereocenters. The number of nitrogens with two attached hydrogens (primary N) is 1. The van der Waals surface area contributed by atoms with Gasteiger partial charge >= 0.3 is 0 Å². The molecular formula is C17H14N4O4S. The van der Waals surface area contributed by atoms with Crippen molar-refractivity contribution in [1.82, 2.24) is 9.38 Å². The normalized spacial score (nSPS) is 13.6. The number of nitrogens with zero attached hydrogens (tertiary/aromatic N) is 3. The van der Waals surface area contributed by atoms with Crippen molar-refractivity contribution in [2.75, 3.05) is 18.6 Å². The van der Waals surface area contributed by atoms with Gasteiger partial charge in [-0.15, -0.1) is 0 Å². The average Bonchev–Trinajstić information content (AvgIpc) is 3.15. The summed E-state index contributed by atoms with van der Waals surface area (Å²) in [6.07, 6.45) is 0.699. The number of aldehydes is 1. The summed E-state index contributed by atoms with van der Waals surface area (Å²) in [7, 11) is 1.67. The Kier molecular flexibility index (Phi) is 3.55. The number of carbonyl (C=O) groups is 3. The van der Waals surface area contributed by atoms with Crippen LogP contribution in [0, 0.1) is 6.92 Å². The van der Waals surface area contributed by atoms with Crippen LogP contribution in [0.3, 0.4) is 0 Å². The Balaban J connectivity index is 1.91. The lowest BCUT2D eigenvalue weighted by molar-refractivity contribution is -0.120. The van der Waals surface area contributed by atoms with Crippen LogP contribution >= 0.6 is 11.3 Å². The summed E-state index contributed by atoms with van der Waals surface area (Å²) in [6.45, 7) is 1.72. The number of hydrogen-bond acceptors (Lipinski definition) is 6. The number of hydrogen-bond donors (Lipinski definition) is 1. The van der Waals surface area contributed by atoms with Crippen LogP contribution in [0.1, 0.15) is 25.9 Å². The standard InChI is InChI=1S/C17H14N4O4S/c1-8-15(16(18)24)26-17-19-14(11(6-22)21(8)17)9-3-4-12-10(5-9)20(2)13(23)7-25-12/h3-6H,7H2,1-2H3,(H2,18,24). The lowest BCUT2D eigenvalue weighted by Crippen LogP contribution is -2.35. The van der Waals surface area contributed by atoms with Gasteiger partial charge in [0, 0.05) is 18.3 Å². The molecule has 3 heterocycles. The molecule has 1 aliphatic rings. The van der Waals surface area contributed by atoms with Crippen molar-refractivity contribution in [3.8, 4) is 17.0 Å². The van der Waals surface area contributed by atoms with Crippen LogP contribution in [-0.4, -0.2) is 41.1 Å². The van der Waals surface area contributed by atoms with Gasteiger partial charge < -0.3 is 15.4 Å². The van der Waals surface area contributed by atoms with E-state index in [-0.39, 0.29) is 12.5 Å². The number of anilines is 1. The summed E-state index contributed by atoms with van der Waals surface area (Å²) in [5.41, 5.74) is 8.03. The van der Waals surface area contributed by atoms with Gasteiger partial charge in [-0.2, -0.15) is 0 Å². The summed E-state index contributed by atoms with van der Waals surface area (Å²) in [5, 5.41) is 0. The fourth-order valence-corrected chi connectivity index (χ4v) is 4.03. The van der Waals surface area contributed by atoms with Crippen molar-refractivity contribution >= 4 is 40.1 Å². The third kappa shape index (κ3) is 2.21. The number of aromatic nitrogens is 2. The third-order valence-electron chi connectivity index (χ3n) is 4.39. The summed E-state index contributed by atoms with van der Waals surface area (Å²) < 4.78 is 7.05. The third-order valence-corrected chi connectivity index (χ3v) is 5.55. The van der Waals surface area contributed by atoms with Gasteiger partial charge in [-0.25, -0.2) is 4.98 Å². The second kappa shape index (κ2) is 5.67. The predicted octanol–water partition coefficient (Wildman–Crippen LogP) is 1.64. The van der Waals surface area contributed by atoms with Crippen molar-refractivity contribution in [3.05, 3.63) is 34.5 Å². The smallest absolute Gasteiger partial charge is 0.264 e. The minimum atomic E-state index is -0.553. The summed E-state index contributed by atoms with van der Waals surface area (Å²) in [6, 6.07) is 5.29. The Morgan fingerprint density at radius 2 is 2.19 bits per heavy atom. The van der Waals surface area contributed by atoms with E-state index in [2.05, 4.69) is 4.98 Å². The summed E-state index contributed by atoms with van der Waals surface area (Å²) in [4.78, 5) is 42.0. The fourth-order valence-electron chi connectivity index (χ4n) is 3.04. The summed E-state index contributed by atoms with van der Waals surface area (Å²) >= 11 is 1.14. The molecule has 0 bridgehead atoms. The van der Waals surface area contributed by atoms with Crippen LogP contribution in [-0.2, 0) is 4.79 Å². The van der Waals surface area contributed by atoms with Crippen LogP contribution in [0.5, 0.6) is 5.75 Å². The van der Waals surface area contributed by atoms with Crippen LogP contribution in [0.25, 0.3) is 16.2 Å². The molecule has 0 aliphatic carbocycles. The zero-order valence-electron chi connectivity index (χ0n) is 14.0. The maximum atomic E-state index is 11.9. The molecule has 3 aromatic rings. The lowest BCUT2D eigenvalue weighted by Gasteiger charge is -2.26. The zero-order chi connectivity index (χ0) is 18.6. The van der Waals surface area contributed by atoms with E-state index in [9.17, 15) is 14.4 Å². The number of likely N-dealkylation sites (N-methyl/N-ethyl adjacent to an activating group) is 1. The molecule has 1 aliphatic heterocycles. The molecule has 132 valence electrons. The topological polar surface area (TPSA) is 107 Å². The highest BCUT2D eigenvalue weighted by molar-refractivity contribution is 7.19. The molecule has 0 saturated heterocycles. The molecule has 2 N–H and O–H groups in total. The number of fused-ring (bicyclic) bond motifs is 2. The second-order valence-corrected chi connectivity index (χ2v) is 6.86. The monoisotopic (exact) mass is 370 g/mol. The first kappa shape index (κ1) is 16.3. The van der Waals surface area contributed by atoms with Gasteiger partial charge in [0.2, 0.25) is 0 Å². The molecular weight excluding hydrogens is 356 g/mol. The molecule has 8 nitrogen and oxygen atoms in total. The maximum absolute atomic E-state index is 11.9. The van der Waals surface area contributed by atoms with E-state index in [1.165, 1.54) is 4.90 Å². The predicted molar refractivity (Wildman–Crippen MR) is 96.1 cm³/mol. The van der Waals surface area contributed by atoms with Gasteiger partial charge in [0.15, 0.2) is 17.9 Å². The molecule has 26 heavy (non-hydrogen) atoms. The number of imidazole rings is 1. The highest BCUT2D eigenvalue weighted by atomic mass is 32.1. The minimum Gasteiger partial charge on any atom is -0.482 e. The highest BCUT2D eigenvalue weighted by Gasteiger charge is 2.25. The van der Waals surface area contributed by atoms with Crippen LogP contribution in [0.15, 0.2) is 18.2 Å². The van der Waals surface area contributed by atoms with Crippen LogP contribution in [0.2, 0.25) is 0 Å². The average molecular weight is 370 g/mol. The number of primary amides is 1. The Hall–Kier alpha value is -3.20. The Morgan fingerprint density at radius 1 is 1.42 bits per heavy atom. The number of benzene rings is 1. The molecule has 0 fully saturated rings. The molecule has 0 spiro atoms. The van der Waals surface area contributed by atoms with E-state index in [1.807, 2.05) is 0 Å². The number of rotatable bonds is 3. The quantitative estimate of drug-likeness (QED) is 0.705. The number of thiazole rings is 1. The molecule has 0 unspecified atom stereocenters. The molecule has 0 radical (unpaired) electrons. The number of amides is 2. The zero-order valence-corrected chi connectivity index (χ0v) is 14.8. The molecule has 2 aromatic heterocycles. The van der Waals surface area contributed by atoms with Crippen molar-refractivity contribution in [2.24, 2.45) is 5.73 Å². The number of aryl methyl sites for hydroxylation is 1. The first-order chi connectivity index (χ1) is 12.4. The van der Waals surface area contributed by atoms with E-state index >= 15 is 0 Å². The van der Waals surface area contributed by atoms with E-state index in [1.54, 1.807) is 36.6 Å². The Morgan fingerprint density at radius 3 is 2.88 bits per heavy atom. The highest BCUT2D eigenvalue weighted by Crippen LogP contribution is 2.37. The van der Waals surface area contributed by atoms with E-state index < -0.39 is 5.91 Å². The maximum Gasteiger partial charge on any atom is 0.264 e. The van der Waals surface area contributed by atoms with Crippen LogP contribution in [0.4, 0.5) is 5.69 Å². The van der Waals surface area contributed by atoms with Crippen molar-refractivity contribution in [1.29, 1.82) is 0 Å². The van der Waals surface area contributed by atoms with Gasteiger partial charge in [-0.05, 0) is 25.1 Å². The fraction of sp³-hybridized carbons (Fsp3) is 0.176. The van der Waals surface area contributed by atoms with Crippen molar-refractivity contribution < 1.29 is 19.1 Å². The SMILES string of the molecule is Cc1c(C(N)=O)sc2nc(-c3ccc4c(c3)N(C)C(=O)CO4)c(C=O)n12. The number of carbonyl (C=O) groups excluding carboxylic acids is 3. The molecule has 2 amide bonds. The van der Waals surface area contributed by atoms with Crippen molar-refractivity contribution in [3.63, 3.8) is 0 Å². The molecule has 1 aromatic carbocycles. The second-order valence-electron chi connectivity index (χ2n) is 5.89. The van der Waals surface area contributed by atoms with Crippen LogP contribution < -0.4 is 15.4 Å². The minimum absolute atomic E-state index is 0.00225. The van der Waals surface area contributed by atoms with Gasteiger partial charge in [0.05, 0.1) is 5.69 Å². The first-order valence-electron chi connectivity index (χ1n) is 7.73. The van der Waals surface area contributed by atoms with E-state index in [0.29, 0.717) is 50.2 Å². The van der Waals surface area contributed by atoms with Gasteiger partial charge in [0.1, 0.15) is 22.0 Å². The lowest BCUT2D eigenvalue weighted by atomic mass is 10.1. The largest absolute Gasteiger partial charge is 0.482 e. The van der Waals surface area contributed by atoms with Crippen molar-refractivity contribution in [2.45, 2.75) is 6.92 Å². The Bertz CT molecular complexity index is 1100. The molecule has 4 rings (SSSR count).